The molecule has 17 heavy (non-hydrogen) atoms. The summed E-state index contributed by atoms with van der Waals surface area (Å²) < 4.78 is 10.4. The van der Waals surface area contributed by atoms with E-state index in [1.807, 2.05) is 0 Å². The van der Waals surface area contributed by atoms with Gasteiger partial charge in [0.1, 0.15) is 19.0 Å². The highest BCUT2D eigenvalue weighted by molar-refractivity contribution is 6.30. The van der Waals surface area contributed by atoms with Crippen molar-refractivity contribution in [2.75, 3.05) is 13.2 Å². The van der Waals surface area contributed by atoms with E-state index >= 15 is 0 Å². The molecule has 0 aromatic heterocycles. The quantitative estimate of drug-likeness (QED) is 0.611. The van der Waals surface area contributed by atoms with Crippen LogP contribution in [0.2, 0.25) is 5.02 Å². The molecule has 4 heteroatoms. The summed E-state index contributed by atoms with van der Waals surface area (Å²) in [6.45, 7) is 3.89. The number of esters is 1. The predicted octanol–water partition coefficient (Wildman–Crippen LogP) is 2.85. The molecule has 1 aliphatic heterocycles. The van der Waals surface area contributed by atoms with Crippen LogP contribution in [0.1, 0.15) is 5.56 Å². The average Bonchev–Trinajstić information content (AvgIpc) is 2.35. The third-order valence-corrected chi connectivity index (χ3v) is 2.51. The average molecular weight is 251 g/mol. The summed E-state index contributed by atoms with van der Waals surface area (Å²) in [6, 6.07) is 5.27. The Bertz CT molecular complexity index is 491. The van der Waals surface area contributed by atoms with E-state index in [9.17, 15) is 4.79 Å². The lowest BCUT2D eigenvalue weighted by Crippen LogP contribution is -2.17. The summed E-state index contributed by atoms with van der Waals surface area (Å²) in [5.41, 5.74) is 1.26. The third kappa shape index (κ3) is 2.68. The van der Waals surface area contributed by atoms with Gasteiger partial charge in [0.15, 0.2) is 0 Å². The molecule has 1 aliphatic rings. The van der Waals surface area contributed by atoms with Gasteiger partial charge < -0.3 is 9.47 Å². The Morgan fingerprint density at radius 2 is 2.41 bits per heavy atom. The van der Waals surface area contributed by atoms with Crippen LogP contribution in [-0.2, 0) is 9.53 Å². The Morgan fingerprint density at radius 1 is 1.59 bits per heavy atom. The first-order chi connectivity index (χ1) is 8.20. The molecule has 0 unspecified atom stereocenters. The van der Waals surface area contributed by atoms with Crippen LogP contribution < -0.4 is 4.74 Å². The van der Waals surface area contributed by atoms with Crippen LogP contribution >= 0.6 is 11.6 Å². The maximum absolute atomic E-state index is 11.6. The van der Waals surface area contributed by atoms with E-state index in [4.69, 9.17) is 21.1 Å². The van der Waals surface area contributed by atoms with Gasteiger partial charge in [-0.2, -0.15) is 0 Å². The minimum atomic E-state index is -0.393. The van der Waals surface area contributed by atoms with Gasteiger partial charge in [0.25, 0.3) is 0 Å². The molecule has 0 saturated carbocycles. The molecule has 0 aliphatic carbocycles. The molecule has 0 N–H and O–H groups in total. The Balaban J connectivity index is 2.22. The van der Waals surface area contributed by atoms with Gasteiger partial charge in [-0.15, -0.1) is 0 Å². The molecule has 88 valence electrons. The molecule has 1 aromatic carbocycles. The molecule has 0 atom stereocenters. The van der Waals surface area contributed by atoms with Crippen LogP contribution in [0.25, 0.3) is 6.08 Å². The van der Waals surface area contributed by atoms with Crippen LogP contribution in [0.3, 0.4) is 0 Å². The zero-order valence-electron chi connectivity index (χ0n) is 9.11. The van der Waals surface area contributed by atoms with Crippen molar-refractivity contribution in [1.82, 2.24) is 0 Å². The molecule has 0 radical (unpaired) electrons. The first-order valence-electron chi connectivity index (χ1n) is 5.11. The second-order valence-corrected chi connectivity index (χ2v) is 3.96. The van der Waals surface area contributed by atoms with Gasteiger partial charge >= 0.3 is 5.97 Å². The molecule has 0 spiro atoms. The lowest BCUT2D eigenvalue weighted by molar-refractivity contribution is -0.138. The largest absolute Gasteiger partial charge is 0.488 e. The van der Waals surface area contributed by atoms with Gasteiger partial charge in [-0.25, -0.2) is 4.79 Å². The van der Waals surface area contributed by atoms with Crippen molar-refractivity contribution < 1.29 is 14.3 Å². The van der Waals surface area contributed by atoms with Crippen molar-refractivity contribution in [3.8, 4) is 5.75 Å². The van der Waals surface area contributed by atoms with Crippen molar-refractivity contribution in [3.05, 3.63) is 47.0 Å². The second-order valence-electron chi connectivity index (χ2n) is 3.53. The molecule has 0 fully saturated rings. The zero-order chi connectivity index (χ0) is 12.3. The minimum absolute atomic E-state index is 0.193. The highest BCUT2D eigenvalue weighted by Gasteiger charge is 2.18. The van der Waals surface area contributed by atoms with Gasteiger partial charge in [0.05, 0.1) is 5.57 Å². The van der Waals surface area contributed by atoms with Crippen molar-refractivity contribution in [3.63, 3.8) is 0 Å². The second kappa shape index (κ2) is 5.06. The summed E-state index contributed by atoms with van der Waals surface area (Å²) in [6.07, 6.45) is 3.25. The van der Waals surface area contributed by atoms with Crippen LogP contribution in [0.4, 0.5) is 0 Å². The fourth-order valence-corrected chi connectivity index (χ4v) is 1.67. The van der Waals surface area contributed by atoms with Crippen LogP contribution in [0.5, 0.6) is 5.75 Å². The summed E-state index contributed by atoms with van der Waals surface area (Å²) >= 11 is 5.87. The maximum atomic E-state index is 11.6. The van der Waals surface area contributed by atoms with Gasteiger partial charge in [-0.3, -0.25) is 0 Å². The van der Waals surface area contributed by atoms with Crippen molar-refractivity contribution >= 4 is 23.6 Å². The molecule has 2 rings (SSSR count). The molecular formula is C13H11ClO3. The Hall–Kier alpha value is -1.74. The van der Waals surface area contributed by atoms with Crippen LogP contribution in [-0.4, -0.2) is 19.2 Å². The number of fused-ring (bicyclic) bond motifs is 1. The van der Waals surface area contributed by atoms with Gasteiger partial charge in [-0.1, -0.05) is 24.3 Å². The van der Waals surface area contributed by atoms with E-state index in [1.54, 1.807) is 24.3 Å². The number of carbonyl (C=O) groups is 1. The summed E-state index contributed by atoms with van der Waals surface area (Å²) in [5.74, 6) is 0.324. The Labute approximate surface area is 104 Å². The first-order valence-corrected chi connectivity index (χ1v) is 5.49. The minimum Gasteiger partial charge on any atom is -0.488 e. The molecular weight excluding hydrogens is 240 g/mol. The van der Waals surface area contributed by atoms with E-state index in [-0.39, 0.29) is 13.2 Å². The Morgan fingerprint density at radius 3 is 3.18 bits per heavy atom. The van der Waals surface area contributed by atoms with Crippen LogP contribution in [0.15, 0.2) is 36.4 Å². The SMILES string of the molecule is C=CCOC(=O)C1=Cc2cc(Cl)ccc2OC1. The van der Waals surface area contributed by atoms with E-state index in [0.717, 1.165) is 11.3 Å². The summed E-state index contributed by atoms with van der Waals surface area (Å²) in [7, 11) is 0. The van der Waals surface area contributed by atoms with Crippen LogP contribution in [0, 0.1) is 0 Å². The standard InChI is InChI=1S/C13H11ClO3/c1-2-5-16-13(15)10-6-9-7-11(14)3-4-12(9)17-8-10/h2-4,6-7H,1,5,8H2. The highest BCUT2D eigenvalue weighted by atomic mass is 35.5. The smallest absolute Gasteiger partial charge is 0.337 e. The van der Waals surface area contributed by atoms with E-state index in [1.165, 1.54) is 6.08 Å². The first kappa shape index (κ1) is 11.7. The number of carbonyl (C=O) groups excluding carboxylic acids is 1. The zero-order valence-corrected chi connectivity index (χ0v) is 9.87. The van der Waals surface area contributed by atoms with E-state index in [0.29, 0.717) is 10.6 Å². The lowest BCUT2D eigenvalue weighted by atomic mass is 10.1. The molecule has 0 amide bonds. The van der Waals surface area contributed by atoms with Gasteiger partial charge in [-0.05, 0) is 24.3 Å². The summed E-state index contributed by atoms with van der Waals surface area (Å²) in [5, 5.41) is 0.601. The fraction of sp³-hybridized carbons (Fsp3) is 0.154. The normalized spacial score (nSPS) is 13.1. The van der Waals surface area contributed by atoms with Crippen molar-refractivity contribution in [2.24, 2.45) is 0 Å². The molecule has 3 nitrogen and oxygen atoms in total. The maximum Gasteiger partial charge on any atom is 0.337 e. The fourth-order valence-electron chi connectivity index (χ4n) is 1.49. The summed E-state index contributed by atoms with van der Waals surface area (Å²) in [4.78, 5) is 11.6. The topological polar surface area (TPSA) is 35.5 Å². The van der Waals surface area contributed by atoms with Gasteiger partial charge in [0.2, 0.25) is 0 Å². The monoisotopic (exact) mass is 250 g/mol. The molecule has 1 aromatic rings. The third-order valence-electron chi connectivity index (χ3n) is 2.28. The van der Waals surface area contributed by atoms with Gasteiger partial charge in [0, 0.05) is 10.6 Å². The van der Waals surface area contributed by atoms with E-state index < -0.39 is 5.97 Å². The van der Waals surface area contributed by atoms with Crippen molar-refractivity contribution in [1.29, 1.82) is 0 Å². The number of ether oxygens (including phenoxy) is 2. The lowest BCUT2D eigenvalue weighted by Gasteiger charge is -2.17. The van der Waals surface area contributed by atoms with Crippen molar-refractivity contribution in [2.45, 2.75) is 0 Å². The number of rotatable bonds is 3. The Kier molecular flexibility index (Phi) is 3.49. The number of hydrogen-bond acceptors (Lipinski definition) is 3. The molecule has 0 bridgehead atoms. The number of benzene rings is 1. The number of halogens is 1. The molecule has 1 heterocycles. The highest BCUT2D eigenvalue weighted by Crippen LogP contribution is 2.29. The van der Waals surface area contributed by atoms with E-state index in [2.05, 4.69) is 6.58 Å². The predicted molar refractivity (Wildman–Crippen MR) is 66.1 cm³/mol. The molecule has 0 saturated heterocycles. The number of hydrogen-bond donors (Lipinski definition) is 0.